The predicted octanol–water partition coefficient (Wildman–Crippen LogP) is 3.19. The number of rotatable bonds is 13. The van der Waals surface area contributed by atoms with E-state index in [-0.39, 0.29) is 18.5 Å². The third-order valence-electron chi connectivity index (χ3n) is 5.42. The van der Waals surface area contributed by atoms with Gasteiger partial charge in [-0.3, -0.25) is 13.9 Å². The van der Waals surface area contributed by atoms with Gasteiger partial charge in [-0.15, -0.1) is 0 Å². The minimum absolute atomic E-state index is 0.112. The summed E-state index contributed by atoms with van der Waals surface area (Å²) < 4.78 is 37.2. The first kappa shape index (κ1) is 29.0. The average molecular weight is 520 g/mol. The van der Waals surface area contributed by atoms with Crippen LogP contribution in [0.4, 0.5) is 5.69 Å². The minimum atomic E-state index is -3.80. The number of hydrogen-bond donors (Lipinski definition) is 1. The fourth-order valence-electron chi connectivity index (χ4n) is 3.76. The van der Waals surface area contributed by atoms with E-state index in [4.69, 9.17) is 9.47 Å². The van der Waals surface area contributed by atoms with Gasteiger partial charge in [0.1, 0.15) is 24.1 Å². The number of benzene rings is 2. The van der Waals surface area contributed by atoms with E-state index in [1.165, 1.54) is 4.90 Å². The molecule has 2 rings (SSSR count). The monoisotopic (exact) mass is 519 g/mol. The van der Waals surface area contributed by atoms with Crippen molar-refractivity contribution in [1.29, 1.82) is 0 Å². The molecule has 0 radical (unpaired) electrons. The average Bonchev–Trinajstić information content (AvgIpc) is 2.82. The predicted molar refractivity (Wildman–Crippen MR) is 141 cm³/mol. The molecular formula is C26H37N3O6S. The van der Waals surface area contributed by atoms with Gasteiger partial charge in [0.15, 0.2) is 0 Å². The summed E-state index contributed by atoms with van der Waals surface area (Å²) in [5, 5.41) is 2.87. The molecule has 0 saturated carbocycles. The number of carbonyl (C=O) groups is 2. The zero-order valence-electron chi connectivity index (χ0n) is 21.9. The maximum absolute atomic E-state index is 13.7. The van der Waals surface area contributed by atoms with Crippen LogP contribution in [0.3, 0.4) is 0 Å². The summed E-state index contributed by atoms with van der Waals surface area (Å²) >= 11 is 0. The topological polar surface area (TPSA) is 105 Å². The Morgan fingerprint density at radius 1 is 1.03 bits per heavy atom. The van der Waals surface area contributed by atoms with E-state index in [0.29, 0.717) is 30.2 Å². The molecule has 1 atom stereocenters. The second kappa shape index (κ2) is 13.2. The van der Waals surface area contributed by atoms with Crippen molar-refractivity contribution in [2.75, 3.05) is 30.8 Å². The summed E-state index contributed by atoms with van der Waals surface area (Å²) in [6, 6.07) is 12.8. The van der Waals surface area contributed by atoms with Crippen LogP contribution in [0.2, 0.25) is 0 Å². The highest BCUT2D eigenvalue weighted by molar-refractivity contribution is 7.92. The van der Waals surface area contributed by atoms with Gasteiger partial charge in [0.25, 0.3) is 0 Å². The number of amides is 2. The first-order valence-corrected chi connectivity index (χ1v) is 13.8. The number of methoxy groups -OCH3 is 1. The van der Waals surface area contributed by atoms with Gasteiger partial charge < -0.3 is 19.7 Å². The molecule has 0 heterocycles. The number of hydrogen-bond acceptors (Lipinski definition) is 6. The van der Waals surface area contributed by atoms with E-state index in [9.17, 15) is 18.0 Å². The van der Waals surface area contributed by atoms with Crippen LogP contribution in [-0.4, -0.2) is 63.7 Å². The lowest BCUT2D eigenvalue weighted by molar-refractivity contribution is -0.140. The Morgan fingerprint density at radius 3 is 2.22 bits per heavy atom. The molecule has 36 heavy (non-hydrogen) atoms. The molecule has 0 aliphatic heterocycles. The summed E-state index contributed by atoms with van der Waals surface area (Å²) in [4.78, 5) is 28.1. The molecule has 1 unspecified atom stereocenters. The van der Waals surface area contributed by atoms with Crippen molar-refractivity contribution in [3.63, 3.8) is 0 Å². The molecule has 0 fully saturated rings. The first-order chi connectivity index (χ1) is 17.0. The van der Waals surface area contributed by atoms with Gasteiger partial charge in [0.05, 0.1) is 25.7 Å². The highest BCUT2D eigenvalue weighted by Gasteiger charge is 2.32. The smallest absolute Gasteiger partial charge is 0.244 e. The molecule has 0 aromatic heterocycles. The van der Waals surface area contributed by atoms with Crippen molar-refractivity contribution in [2.45, 2.75) is 52.7 Å². The number of carbonyl (C=O) groups excluding carboxylic acids is 2. The zero-order chi connectivity index (χ0) is 26.9. The largest absolute Gasteiger partial charge is 0.497 e. The summed E-state index contributed by atoms with van der Waals surface area (Å²) in [5.41, 5.74) is 1.08. The van der Waals surface area contributed by atoms with Crippen molar-refractivity contribution < 1.29 is 27.5 Å². The van der Waals surface area contributed by atoms with E-state index in [0.717, 1.165) is 16.1 Å². The van der Waals surface area contributed by atoms with Gasteiger partial charge in [-0.25, -0.2) is 8.42 Å². The van der Waals surface area contributed by atoms with Gasteiger partial charge in [-0.2, -0.15) is 0 Å². The van der Waals surface area contributed by atoms with Crippen molar-refractivity contribution in [3.05, 3.63) is 54.1 Å². The van der Waals surface area contributed by atoms with Crippen LogP contribution < -0.4 is 19.1 Å². The van der Waals surface area contributed by atoms with Crippen molar-refractivity contribution in [1.82, 2.24) is 10.2 Å². The Bertz CT molecular complexity index is 1120. The zero-order valence-corrected chi connectivity index (χ0v) is 22.7. The molecule has 0 aliphatic carbocycles. The Balaban J connectivity index is 2.43. The molecule has 9 nitrogen and oxygen atoms in total. The normalized spacial score (nSPS) is 12.1. The third kappa shape index (κ3) is 8.15. The molecule has 2 aromatic rings. The minimum Gasteiger partial charge on any atom is -0.497 e. The molecule has 0 spiro atoms. The Labute approximate surface area is 214 Å². The molecule has 198 valence electrons. The van der Waals surface area contributed by atoms with E-state index < -0.39 is 28.5 Å². The number of nitrogens with zero attached hydrogens (tertiary/aromatic N) is 2. The van der Waals surface area contributed by atoms with Crippen molar-refractivity contribution in [2.24, 2.45) is 0 Å². The quantitative estimate of drug-likeness (QED) is 0.436. The Kier molecular flexibility index (Phi) is 10.6. The highest BCUT2D eigenvalue weighted by atomic mass is 32.2. The third-order valence-corrected chi connectivity index (χ3v) is 6.56. The maximum Gasteiger partial charge on any atom is 0.244 e. The summed E-state index contributed by atoms with van der Waals surface area (Å²) in [5.74, 6) is 0.419. The summed E-state index contributed by atoms with van der Waals surface area (Å²) in [7, 11) is -2.25. The first-order valence-electron chi connectivity index (χ1n) is 11.9. The lowest BCUT2D eigenvalue weighted by Gasteiger charge is -2.33. The molecule has 10 heteroatoms. The van der Waals surface area contributed by atoms with E-state index >= 15 is 0 Å². The van der Waals surface area contributed by atoms with Crippen LogP contribution in [-0.2, 0) is 26.2 Å². The van der Waals surface area contributed by atoms with Crippen LogP contribution in [0.5, 0.6) is 11.5 Å². The van der Waals surface area contributed by atoms with Crippen LogP contribution >= 0.6 is 0 Å². The van der Waals surface area contributed by atoms with Crippen LogP contribution in [0, 0.1) is 0 Å². The van der Waals surface area contributed by atoms with Gasteiger partial charge in [-0.1, -0.05) is 19.1 Å². The number of ether oxygens (including phenoxy) is 2. The molecule has 0 bridgehead atoms. The van der Waals surface area contributed by atoms with E-state index in [1.54, 1.807) is 49.6 Å². The Morgan fingerprint density at radius 2 is 1.69 bits per heavy atom. The second-order valence-corrected chi connectivity index (χ2v) is 10.6. The summed E-state index contributed by atoms with van der Waals surface area (Å²) in [6.07, 6.45) is 1.40. The van der Waals surface area contributed by atoms with Crippen LogP contribution in [0.15, 0.2) is 48.5 Å². The lowest BCUT2D eigenvalue weighted by Crippen LogP contribution is -2.53. The van der Waals surface area contributed by atoms with E-state index in [2.05, 4.69) is 5.32 Å². The van der Waals surface area contributed by atoms with Gasteiger partial charge in [0.2, 0.25) is 21.8 Å². The second-order valence-electron chi connectivity index (χ2n) is 8.66. The molecule has 0 saturated heterocycles. The molecular weight excluding hydrogens is 482 g/mol. The SMILES string of the molecule is CCOc1ccc(N(CC(=O)N(Cc2cccc(OC)c2)C(CC)C(=O)NC(C)C)S(C)(=O)=O)cc1. The van der Waals surface area contributed by atoms with Crippen LogP contribution in [0.1, 0.15) is 39.7 Å². The van der Waals surface area contributed by atoms with Crippen molar-refractivity contribution in [3.8, 4) is 11.5 Å². The standard InChI is InChI=1S/C26H37N3O6S/c1-7-24(26(31)27-19(3)4)28(17-20-10-9-11-23(16-20)34-5)25(30)18-29(36(6,32)33)21-12-14-22(15-13-21)35-8-2/h9-16,19,24H,7-8,17-18H2,1-6H3,(H,27,31). The number of nitrogens with one attached hydrogen (secondary N) is 1. The molecule has 2 aromatic carbocycles. The highest BCUT2D eigenvalue weighted by Crippen LogP contribution is 2.23. The maximum atomic E-state index is 13.7. The fourth-order valence-corrected chi connectivity index (χ4v) is 4.61. The van der Waals surface area contributed by atoms with Gasteiger partial charge >= 0.3 is 0 Å². The van der Waals surface area contributed by atoms with E-state index in [1.807, 2.05) is 33.8 Å². The Hall–Kier alpha value is -3.27. The molecule has 0 aliphatic rings. The molecule has 2 amide bonds. The molecule has 1 N–H and O–H groups in total. The number of anilines is 1. The summed E-state index contributed by atoms with van der Waals surface area (Å²) in [6.45, 7) is 7.49. The fraction of sp³-hybridized carbons (Fsp3) is 0.462. The number of sulfonamides is 1. The lowest BCUT2D eigenvalue weighted by atomic mass is 10.1. The van der Waals surface area contributed by atoms with Crippen LogP contribution in [0.25, 0.3) is 0 Å². The van der Waals surface area contributed by atoms with Gasteiger partial charge in [0, 0.05) is 12.6 Å². The van der Waals surface area contributed by atoms with Crippen molar-refractivity contribution >= 4 is 27.5 Å². The van der Waals surface area contributed by atoms with Gasteiger partial charge in [-0.05, 0) is 69.2 Å².